The third kappa shape index (κ3) is 3.47. The molecule has 1 nitrogen and oxygen atoms in total. The van der Waals surface area contributed by atoms with Crippen molar-refractivity contribution in [1.82, 2.24) is 5.32 Å². The average Bonchev–Trinajstić information content (AvgIpc) is 2.17. The summed E-state index contributed by atoms with van der Waals surface area (Å²) in [6.07, 6.45) is 1.28. The molecule has 0 aromatic carbocycles. The summed E-state index contributed by atoms with van der Waals surface area (Å²) < 4.78 is 0.423. The van der Waals surface area contributed by atoms with Crippen LogP contribution in [-0.4, -0.2) is 24.1 Å². The van der Waals surface area contributed by atoms with Crippen molar-refractivity contribution in [2.45, 2.75) is 45.8 Å². The Morgan fingerprint density at radius 1 is 1.21 bits per heavy atom. The lowest BCUT2D eigenvalue weighted by Crippen LogP contribution is -2.41. The zero-order valence-corrected chi connectivity index (χ0v) is 11.5. The molecule has 0 bridgehead atoms. The van der Waals surface area contributed by atoms with Crippen LogP contribution in [-0.2, 0) is 0 Å². The van der Waals surface area contributed by atoms with Crippen LogP contribution in [0.1, 0.15) is 41.0 Å². The Hall–Kier alpha value is 0.310. The predicted octanol–water partition coefficient (Wildman–Crippen LogP) is 3.40. The van der Waals surface area contributed by atoms with Gasteiger partial charge in [-0.3, -0.25) is 0 Å². The molecule has 0 aliphatic carbocycles. The molecule has 0 aliphatic rings. The number of thioether (sulfide) groups is 1. The van der Waals surface area contributed by atoms with Crippen LogP contribution in [0.4, 0.5) is 0 Å². The fourth-order valence-electron chi connectivity index (χ4n) is 2.00. The summed E-state index contributed by atoms with van der Waals surface area (Å²) in [5, 5.41) is 3.30. The Morgan fingerprint density at radius 2 is 1.79 bits per heavy atom. The van der Waals surface area contributed by atoms with Gasteiger partial charge in [0.15, 0.2) is 0 Å². The predicted molar refractivity (Wildman–Crippen MR) is 69.1 cm³/mol. The molecule has 86 valence electrons. The molecule has 0 aliphatic heterocycles. The van der Waals surface area contributed by atoms with Crippen LogP contribution in [0.3, 0.4) is 0 Å². The quantitative estimate of drug-likeness (QED) is 0.701. The molecule has 0 saturated heterocycles. The average molecular weight is 217 g/mol. The van der Waals surface area contributed by atoms with Crippen LogP contribution in [0.5, 0.6) is 0 Å². The summed E-state index contributed by atoms with van der Waals surface area (Å²) in [7, 11) is 2.05. The summed E-state index contributed by atoms with van der Waals surface area (Å²) >= 11 is 2.12. The monoisotopic (exact) mass is 217 g/mol. The SMILES string of the molecule is CCSC(C)(C(C)CC)C(C)CNC. The second-order valence-corrected chi connectivity index (χ2v) is 6.13. The van der Waals surface area contributed by atoms with E-state index in [-0.39, 0.29) is 0 Å². The zero-order valence-electron chi connectivity index (χ0n) is 10.7. The van der Waals surface area contributed by atoms with E-state index in [1.807, 2.05) is 7.05 Å². The summed E-state index contributed by atoms with van der Waals surface area (Å²) in [6, 6.07) is 0. The Labute approximate surface area is 94.4 Å². The number of hydrogen-bond acceptors (Lipinski definition) is 2. The van der Waals surface area contributed by atoms with Gasteiger partial charge in [-0.05, 0) is 38.1 Å². The van der Waals surface area contributed by atoms with Crippen LogP contribution in [0.2, 0.25) is 0 Å². The molecule has 1 N–H and O–H groups in total. The van der Waals surface area contributed by atoms with Crippen molar-refractivity contribution < 1.29 is 0 Å². The van der Waals surface area contributed by atoms with Crippen LogP contribution >= 0.6 is 11.8 Å². The lowest BCUT2D eigenvalue weighted by molar-refractivity contribution is 0.309. The van der Waals surface area contributed by atoms with Gasteiger partial charge in [0.05, 0.1) is 0 Å². The smallest absolute Gasteiger partial charge is 0.0194 e. The third-order valence-corrected chi connectivity index (χ3v) is 5.25. The Balaban J connectivity index is 4.51. The molecule has 3 atom stereocenters. The highest BCUT2D eigenvalue weighted by atomic mass is 32.2. The fourth-order valence-corrected chi connectivity index (χ4v) is 3.44. The Morgan fingerprint density at radius 3 is 2.14 bits per heavy atom. The second kappa shape index (κ2) is 6.73. The van der Waals surface area contributed by atoms with Crippen molar-refractivity contribution in [2.24, 2.45) is 11.8 Å². The molecule has 0 rings (SSSR count). The van der Waals surface area contributed by atoms with E-state index in [0.29, 0.717) is 4.75 Å². The van der Waals surface area contributed by atoms with E-state index in [9.17, 15) is 0 Å². The van der Waals surface area contributed by atoms with Crippen LogP contribution in [0.25, 0.3) is 0 Å². The van der Waals surface area contributed by atoms with E-state index in [1.54, 1.807) is 0 Å². The molecule has 0 aromatic rings. The van der Waals surface area contributed by atoms with Gasteiger partial charge in [0.1, 0.15) is 0 Å². The molecule has 14 heavy (non-hydrogen) atoms. The first-order chi connectivity index (χ1) is 6.52. The van der Waals surface area contributed by atoms with Gasteiger partial charge in [0.25, 0.3) is 0 Å². The summed E-state index contributed by atoms with van der Waals surface area (Å²) in [6.45, 7) is 12.9. The molecule has 0 fully saturated rings. The molecule has 0 aromatic heterocycles. The van der Waals surface area contributed by atoms with Crippen LogP contribution < -0.4 is 5.32 Å². The molecule has 0 saturated carbocycles. The van der Waals surface area contributed by atoms with E-state index >= 15 is 0 Å². The van der Waals surface area contributed by atoms with Gasteiger partial charge in [0, 0.05) is 4.75 Å². The van der Waals surface area contributed by atoms with E-state index in [2.05, 4.69) is 51.7 Å². The topological polar surface area (TPSA) is 12.0 Å². The van der Waals surface area contributed by atoms with Crippen molar-refractivity contribution in [3.05, 3.63) is 0 Å². The number of nitrogens with one attached hydrogen (secondary N) is 1. The molecule has 0 amide bonds. The minimum absolute atomic E-state index is 0.423. The second-order valence-electron chi connectivity index (χ2n) is 4.38. The summed E-state index contributed by atoms with van der Waals surface area (Å²) in [5.41, 5.74) is 0. The van der Waals surface area contributed by atoms with Gasteiger partial charge >= 0.3 is 0 Å². The maximum atomic E-state index is 3.30. The molecule has 0 heterocycles. The van der Waals surface area contributed by atoms with Crippen molar-refractivity contribution in [1.29, 1.82) is 0 Å². The van der Waals surface area contributed by atoms with Crippen LogP contribution in [0, 0.1) is 11.8 Å². The largest absolute Gasteiger partial charge is 0.319 e. The van der Waals surface area contributed by atoms with Gasteiger partial charge < -0.3 is 5.32 Å². The maximum Gasteiger partial charge on any atom is 0.0194 e. The Kier molecular flexibility index (Phi) is 6.88. The van der Waals surface area contributed by atoms with Crippen molar-refractivity contribution in [3.8, 4) is 0 Å². The van der Waals surface area contributed by atoms with Crippen molar-refractivity contribution in [3.63, 3.8) is 0 Å². The number of hydrogen-bond donors (Lipinski definition) is 1. The minimum atomic E-state index is 0.423. The van der Waals surface area contributed by atoms with E-state index < -0.39 is 0 Å². The molecular weight excluding hydrogens is 190 g/mol. The normalized spacial score (nSPS) is 20.1. The molecule has 0 radical (unpaired) electrons. The van der Waals surface area contributed by atoms with E-state index in [1.165, 1.54) is 12.2 Å². The van der Waals surface area contributed by atoms with Gasteiger partial charge in [-0.25, -0.2) is 0 Å². The molecule has 2 heteroatoms. The van der Waals surface area contributed by atoms with E-state index in [0.717, 1.165) is 18.4 Å². The minimum Gasteiger partial charge on any atom is -0.319 e. The highest BCUT2D eigenvalue weighted by molar-refractivity contribution is 8.00. The Bertz CT molecular complexity index is 149. The van der Waals surface area contributed by atoms with Gasteiger partial charge in [0.2, 0.25) is 0 Å². The van der Waals surface area contributed by atoms with Crippen molar-refractivity contribution >= 4 is 11.8 Å². The fraction of sp³-hybridized carbons (Fsp3) is 1.00. The van der Waals surface area contributed by atoms with Crippen molar-refractivity contribution in [2.75, 3.05) is 19.3 Å². The van der Waals surface area contributed by atoms with Gasteiger partial charge in [-0.1, -0.05) is 34.1 Å². The number of rotatable bonds is 7. The highest BCUT2D eigenvalue weighted by Gasteiger charge is 2.35. The van der Waals surface area contributed by atoms with E-state index in [4.69, 9.17) is 0 Å². The first-order valence-electron chi connectivity index (χ1n) is 5.81. The lowest BCUT2D eigenvalue weighted by Gasteiger charge is -2.40. The highest BCUT2D eigenvalue weighted by Crippen LogP contribution is 2.40. The molecule has 0 spiro atoms. The first-order valence-corrected chi connectivity index (χ1v) is 6.79. The summed E-state index contributed by atoms with van der Waals surface area (Å²) in [5.74, 6) is 2.73. The zero-order chi connectivity index (χ0) is 11.2. The van der Waals surface area contributed by atoms with Crippen LogP contribution in [0.15, 0.2) is 0 Å². The lowest BCUT2D eigenvalue weighted by atomic mass is 9.82. The first kappa shape index (κ1) is 14.3. The summed E-state index contributed by atoms with van der Waals surface area (Å²) in [4.78, 5) is 0. The third-order valence-electron chi connectivity index (χ3n) is 3.54. The van der Waals surface area contributed by atoms with Gasteiger partial charge in [-0.2, -0.15) is 11.8 Å². The van der Waals surface area contributed by atoms with Gasteiger partial charge in [-0.15, -0.1) is 0 Å². The standard InChI is InChI=1S/C12H27NS/c1-7-10(3)12(5,14-8-2)11(4)9-13-6/h10-11,13H,7-9H2,1-6H3. The maximum absolute atomic E-state index is 3.30. The molecular formula is C12H27NS. The molecule has 3 unspecified atom stereocenters.